The number of benzene rings is 1. The predicted molar refractivity (Wildman–Crippen MR) is 91.0 cm³/mol. The lowest BCUT2D eigenvalue weighted by molar-refractivity contribution is 0.0781. The van der Waals surface area contributed by atoms with Crippen molar-refractivity contribution >= 4 is 11.8 Å². The zero-order valence-corrected chi connectivity index (χ0v) is 14.7. The van der Waals surface area contributed by atoms with Crippen LogP contribution in [0.2, 0.25) is 0 Å². The number of carbonyl (C=O) groups is 2. The molecule has 1 aromatic heterocycles. The molecule has 0 atom stereocenters. The van der Waals surface area contributed by atoms with Crippen LogP contribution < -0.4 is 5.32 Å². The third kappa shape index (κ3) is 3.64. The summed E-state index contributed by atoms with van der Waals surface area (Å²) in [6.07, 6.45) is 0. The third-order valence-electron chi connectivity index (χ3n) is 3.84. The van der Waals surface area contributed by atoms with Crippen molar-refractivity contribution < 1.29 is 14.1 Å². The summed E-state index contributed by atoms with van der Waals surface area (Å²) in [4.78, 5) is 25.9. The van der Waals surface area contributed by atoms with Crippen LogP contribution in [0.1, 0.15) is 57.5 Å². The molecule has 128 valence electrons. The van der Waals surface area contributed by atoms with E-state index >= 15 is 0 Å². The van der Waals surface area contributed by atoms with Crippen molar-refractivity contribution in [3.63, 3.8) is 0 Å². The number of rotatable bonds is 5. The van der Waals surface area contributed by atoms with Gasteiger partial charge in [-0.25, -0.2) is 0 Å². The molecule has 0 aliphatic rings. The van der Waals surface area contributed by atoms with Crippen molar-refractivity contribution in [3.05, 3.63) is 52.4 Å². The predicted octanol–water partition coefficient (Wildman–Crippen LogP) is 2.74. The van der Waals surface area contributed by atoms with Gasteiger partial charge in [0.05, 0.1) is 5.69 Å². The van der Waals surface area contributed by atoms with E-state index in [-0.39, 0.29) is 17.7 Å². The van der Waals surface area contributed by atoms with E-state index in [1.54, 1.807) is 38.1 Å². The molecule has 2 rings (SSSR count). The highest BCUT2D eigenvalue weighted by Gasteiger charge is 2.25. The van der Waals surface area contributed by atoms with Gasteiger partial charge in [0.25, 0.3) is 11.8 Å². The molecular weight excluding hydrogens is 306 g/mol. The molecule has 0 unspecified atom stereocenters. The normalized spacial score (nSPS) is 10.8. The summed E-state index contributed by atoms with van der Waals surface area (Å²) in [6.45, 7) is 6.14. The Morgan fingerprint density at radius 2 is 1.88 bits per heavy atom. The summed E-state index contributed by atoms with van der Waals surface area (Å²) < 4.78 is 5.29. The van der Waals surface area contributed by atoms with E-state index in [1.807, 2.05) is 26.0 Å². The van der Waals surface area contributed by atoms with Gasteiger partial charge >= 0.3 is 0 Å². The Bertz CT molecular complexity index is 732. The second-order valence-electron chi connectivity index (χ2n) is 6.10. The van der Waals surface area contributed by atoms with Crippen molar-refractivity contribution in [2.24, 2.45) is 0 Å². The molecule has 0 bridgehead atoms. The number of hydrogen-bond donors (Lipinski definition) is 1. The van der Waals surface area contributed by atoms with E-state index in [0.29, 0.717) is 29.1 Å². The fraction of sp³-hybridized carbons (Fsp3) is 0.389. The summed E-state index contributed by atoms with van der Waals surface area (Å²) in [6, 6.07) is 7.18. The smallest absolute Gasteiger partial charge is 0.259 e. The Hall–Kier alpha value is -2.63. The molecule has 0 spiro atoms. The molecule has 0 aliphatic heterocycles. The van der Waals surface area contributed by atoms with Crippen molar-refractivity contribution in [1.82, 2.24) is 15.4 Å². The van der Waals surface area contributed by atoms with Crippen molar-refractivity contribution in [3.8, 4) is 0 Å². The monoisotopic (exact) mass is 329 g/mol. The Morgan fingerprint density at radius 1 is 1.25 bits per heavy atom. The van der Waals surface area contributed by atoms with Crippen LogP contribution in [0, 0.1) is 6.92 Å². The summed E-state index contributed by atoms with van der Waals surface area (Å²) >= 11 is 0. The zero-order valence-electron chi connectivity index (χ0n) is 14.7. The Kier molecular flexibility index (Phi) is 5.39. The second kappa shape index (κ2) is 7.29. The van der Waals surface area contributed by atoms with Crippen LogP contribution >= 0.6 is 0 Å². The molecule has 2 aromatic rings. The van der Waals surface area contributed by atoms with Crippen molar-refractivity contribution in [1.29, 1.82) is 0 Å². The molecule has 6 heteroatoms. The highest BCUT2D eigenvalue weighted by Crippen LogP contribution is 2.24. The van der Waals surface area contributed by atoms with Gasteiger partial charge in [0, 0.05) is 32.1 Å². The van der Waals surface area contributed by atoms with Crippen LogP contribution in [0.25, 0.3) is 0 Å². The van der Waals surface area contributed by atoms with Gasteiger partial charge in [-0.1, -0.05) is 31.1 Å². The standard InChI is InChI=1S/C18H23N3O3/c1-11(2)16-15(12(3)20-24-16)18(23)21(5)10-13-6-8-14(9-7-13)17(22)19-4/h6-9,11H,10H2,1-5H3,(H,19,22). The highest BCUT2D eigenvalue weighted by molar-refractivity contribution is 5.96. The van der Waals surface area contributed by atoms with Crippen LogP contribution in [0.4, 0.5) is 0 Å². The minimum atomic E-state index is -0.132. The Morgan fingerprint density at radius 3 is 2.42 bits per heavy atom. The Labute approximate surface area is 141 Å². The molecule has 24 heavy (non-hydrogen) atoms. The van der Waals surface area contributed by atoms with E-state index in [9.17, 15) is 9.59 Å². The molecule has 0 saturated heterocycles. The third-order valence-corrected chi connectivity index (χ3v) is 3.84. The molecule has 0 saturated carbocycles. The number of nitrogens with zero attached hydrogens (tertiary/aromatic N) is 2. The number of hydrogen-bond acceptors (Lipinski definition) is 4. The SMILES string of the molecule is CNC(=O)c1ccc(CN(C)C(=O)c2c(C)noc2C(C)C)cc1. The van der Waals surface area contributed by atoms with Crippen LogP contribution in [0.15, 0.2) is 28.8 Å². The van der Waals surface area contributed by atoms with E-state index in [2.05, 4.69) is 10.5 Å². The molecule has 1 N–H and O–H groups in total. The summed E-state index contributed by atoms with van der Waals surface area (Å²) in [5.41, 5.74) is 2.67. The van der Waals surface area contributed by atoms with Crippen LogP contribution in [-0.2, 0) is 6.54 Å². The molecule has 6 nitrogen and oxygen atoms in total. The fourth-order valence-electron chi connectivity index (χ4n) is 2.48. The lowest BCUT2D eigenvalue weighted by Gasteiger charge is -2.18. The average molecular weight is 329 g/mol. The molecule has 0 radical (unpaired) electrons. The minimum Gasteiger partial charge on any atom is -0.360 e. The summed E-state index contributed by atoms with van der Waals surface area (Å²) in [5.74, 6) is 0.449. The van der Waals surface area contributed by atoms with Gasteiger partial charge in [0.2, 0.25) is 0 Å². The molecule has 0 fully saturated rings. The summed E-state index contributed by atoms with van der Waals surface area (Å²) in [7, 11) is 3.34. The van der Waals surface area contributed by atoms with Gasteiger partial charge in [0.15, 0.2) is 5.76 Å². The van der Waals surface area contributed by atoms with Gasteiger partial charge in [-0.3, -0.25) is 9.59 Å². The van der Waals surface area contributed by atoms with Crippen molar-refractivity contribution in [2.45, 2.75) is 33.2 Å². The largest absolute Gasteiger partial charge is 0.360 e. The number of carbonyl (C=O) groups excluding carboxylic acids is 2. The first-order valence-corrected chi connectivity index (χ1v) is 7.87. The van der Waals surface area contributed by atoms with E-state index < -0.39 is 0 Å². The molecular formula is C18H23N3O3. The number of aryl methyl sites for hydroxylation is 1. The van der Waals surface area contributed by atoms with Crippen LogP contribution in [0.3, 0.4) is 0 Å². The number of amides is 2. The van der Waals surface area contributed by atoms with Gasteiger partial charge in [0.1, 0.15) is 5.56 Å². The van der Waals surface area contributed by atoms with Gasteiger partial charge in [-0.15, -0.1) is 0 Å². The first-order chi connectivity index (χ1) is 11.3. The zero-order chi connectivity index (χ0) is 17.9. The molecule has 0 aliphatic carbocycles. The number of aromatic nitrogens is 1. The topological polar surface area (TPSA) is 75.4 Å². The van der Waals surface area contributed by atoms with Gasteiger partial charge in [-0.05, 0) is 24.6 Å². The first kappa shape index (κ1) is 17.7. The highest BCUT2D eigenvalue weighted by atomic mass is 16.5. The number of nitrogens with one attached hydrogen (secondary N) is 1. The second-order valence-corrected chi connectivity index (χ2v) is 6.10. The lowest BCUT2D eigenvalue weighted by Crippen LogP contribution is -2.27. The van der Waals surface area contributed by atoms with Gasteiger partial charge < -0.3 is 14.7 Å². The van der Waals surface area contributed by atoms with E-state index in [1.165, 1.54) is 0 Å². The maximum atomic E-state index is 12.7. The maximum Gasteiger partial charge on any atom is 0.259 e. The molecule has 1 aromatic carbocycles. The van der Waals surface area contributed by atoms with Crippen LogP contribution in [-0.4, -0.2) is 36.0 Å². The fourth-order valence-corrected chi connectivity index (χ4v) is 2.48. The minimum absolute atomic E-state index is 0.0883. The van der Waals surface area contributed by atoms with E-state index in [0.717, 1.165) is 5.56 Å². The first-order valence-electron chi connectivity index (χ1n) is 7.87. The lowest BCUT2D eigenvalue weighted by atomic mass is 10.0. The van der Waals surface area contributed by atoms with Gasteiger partial charge in [-0.2, -0.15) is 0 Å². The Balaban J connectivity index is 2.15. The maximum absolute atomic E-state index is 12.7. The van der Waals surface area contributed by atoms with Crippen LogP contribution in [0.5, 0.6) is 0 Å². The quantitative estimate of drug-likeness (QED) is 0.915. The van der Waals surface area contributed by atoms with E-state index in [4.69, 9.17) is 4.52 Å². The molecule has 1 heterocycles. The summed E-state index contributed by atoms with van der Waals surface area (Å²) in [5, 5.41) is 6.50. The van der Waals surface area contributed by atoms with Crippen molar-refractivity contribution in [2.75, 3.05) is 14.1 Å². The average Bonchev–Trinajstić information content (AvgIpc) is 2.95. The molecule has 2 amide bonds.